The van der Waals surface area contributed by atoms with Crippen LogP contribution in [0.1, 0.15) is 42.9 Å². The van der Waals surface area contributed by atoms with E-state index in [1.165, 1.54) is 17.5 Å². The third kappa shape index (κ3) is 4.55. The molecule has 2 rings (SSSR count). The number of hydrogen-bond donors (Lipinski definition) is 0. The molecule has 1 aromatic carbocycles. The number of amides is 1. The molecule has 1 amide bonds. The van der Waals surface area contributed by atoms with Gasteiger partial charge in [-0.15, -0.1) is 0 Å². The van der Waals surface area contributed by atoms with E-state index < -0.39 is 0 Å². The molecule has 1 aromatic rings. The summed E-state index contributed by atoms with van der Waals surface area (Å²) >= 11 is 0. The van der Waals surface area contributed by atoms with Gasteiger partial charge in [-0.05, 0) is 44.5 Å². The highest BCUT2D eigenvalue weighted by Crippen LogP contribution is 2.31. The smallest absolute Gasteiger partial charge is 0.225 e. The molecule has 0 spiro atoms. The fourth-order valence-electron chi connectivity index (χ4n) is 3.12. The molecule has 4 heteroatoms. The summed E-state index contributed by atoms with van der Waals surface area (Å²) in [7, 11) is 5.79. The van der Waals surface area contributed by atoms with Gasteiger partial charge in [-0.1, -0.05) is 24.3 Å². The SMILES string of the molecule is COCCC(=O)N1CCCC[C@@H]1c1ccc(CN(C)C)cc1. The van der Waals surface area contributed by atoms with Gasteiger partial charge >= 0.3 is 0 Å². The number of nitrogens with zero attached hydrogens (tertiary/aromatic N) is 2. The Morgan fingerprint density at radius 2 is 2.00 bits per heavy atom. The molecule has 1 aliphatic heterocycles. The summed E-state index contributed by atoms with van der Waals surface area (Å²) < 4.78 is 5.04. The summed E-state index contributed by atoms with van der Waals surface area (Å²) in [5.74, 6) is 0.212. The lowest BCUT2D eigenvalue weighted by Gasteiger charge is -2.36. The highest BCUT2D eigenvalue weighted by molar-refractivity contribution is 5.77. The quantitative estimate of drug-likeness (QED) is 0.810. The number of hydrogen-bond acceptors (Lipinski definition) is 3. The van der Waals surface area contributed by atoms with Crippen molar-refractivity contribution in [1.29, 1.82) is 0 Å². The van der Waals surface area contributed by atoms with Crippen molar-refractivity contribution in [2.24, 2.45) is 0 Å². The van der Waals surface area contributed by atoms with Gasteiger partial charge in [0.25, 0.3) is 0 Å². The first-order valence-corrected chi connectivity index (χ1v) is 8.14. The molecule has 0 aliphatic carbocycles. The summed E-state index contributed by atoms with van der Waals surface area (Å²) in [5, 5.41) is 0. The molecule has 4 nitrogen and oxygen atoms in total. The van der Waals surface area contributed by atoms with Gasteiger partial charge in [0.05, 0.1) is 19.1 Å². The average molecular weight is 304 g/mol. The lowest BCUT2D eigenvalue weighted by atomic mass is 9.94. The Kier molecular flexibility index (Phi) is 6.40. The van der Waals surface area contributed by atoms with Gasteiger partial charge in [0.2, 0.25) is 5.91 Å². The molecular formula is C18H28N2O2. The fraction of sp³-hybridized carbons (Fsp3) is 0.611. The van der Waals surface area contributed by atoms with E-state index in [0.29, 0.717) is 13.0 Å². The topological polar surface area (TPSA) is 32.8 Å². The monoisotopic (exact) mass is 304 g/mol. The standard InChI is InChI=1S/C18H28N2O2/c1-19(2)14-15-7-9-16(10-8-15)17-6-4-5-12-20(17)18(21)11-13-22-3/h7-10,17H,4-6,11-14H2,1-3H3/t17-/m1/s1. The first kappa shape index (κ1) is 17.0. The van der Waals surface area contributed by atoms with E-state index in [9.17, 15) is 4.79 Å². The Bertz CT molecular complexity index is 470. The summed E-state index contributed by atoms with van der Waals surface area (Å²) in [6, 6.07) is 8.96. The molecule has 0 radical (unpaired) electrons. The van der Waals surface area contributed by atoms with Gasteiger partial charge in [-0.3, -0.25) is 4.79 Å². The summed E-state index contributed by atoms with van der Waals surface area (Å²) in [5.41, 5.74) is 2.56. The number of rotatable bonds is 6. The Morgan fingerprint density at radius 1 is 1.27 bits per heavy atom. The van der Waals surface area contributed by atoms with Crippen molar-refractivity contribution in [2.75, 3.05) is 34.4 Å². The van der Waals surface area contributed by atoms with E-state index >= 15 is 0 Å². The Balaban J connectivity index is 2.08. The molecular weight excluding hydrogens is 276 g/mol. The summed E-state index contributed by atoms with van der Waals surface area (Å²) in [4.78, 5) is 16.6. The second-order valence-electron chi connectivity index (χ2n) is 6.32. The van der Waals surface area contributed by atoms with Crippen molar-refractivity contribution in [1.82, 2.24) is 9.80 Å². The predicted octanol–water partition coefficient (Wildman–Crippen LogP) is 2.84. The van der Waals surface area contributed by atoms with Crippen LogP contribution in [0.25, 0.3) is 0 Å². The average Bonchev–Trinajstić information content (AvgIpc) is 2.53. The van der Waals surface area contributed by atoms with E-state index in [0.717, 1.165) is 25.9 Å². The van der Waals surface area contributed by atoms with Crippen LogP contribution in [0.15, 0.2) is 24.3 Å². The van der Waals surface area contributed by atoms with E-state index in [4.69, 9.17) is 4.74 Å². The Hall–Kier alpha value is -1.39. The van der Waals surface area contributed by atoms with Gasteiger partial charge in [-0.25, -0.2) is 0 Å². The van der Waals surface area contributed by atoms with Crippen LogP contribution in [0, 0.1) is 0 Å². The van der Waals surface area contributed by atoms with E-state index in [-0.39, 0.29) is 11.9 Å². The van der Waals surface area contributed by atoms with Crippen molar-refractivity contribution < 1.29 is 9.53 Å². The van der Waals surface area contributed by atoms with Crippen LogP contribution in [-0.2, 0) is 16.1 Å². The summed E-state index contributed by atoms with van der Waals surface area (Å²) in [6.45, 7) is 2.32. The van der Waals surface area contributed by atoms with Crippen molar-refractivity contribution in [3.63, 3.8) is 0 Å². The maximum absolute atomic E-state index is 12.4. The third-order valence-electron chi connectivity index (χ3n) is 4.21. The third-order valence-corrected chi connectivity index (χ3v) is 4.21. The minimum absolute atomic E-state index is 0.212. The number of piperidine rings is 1. The zero-order chi connectivity index (χ0) is 15.9. The van der Waals surface area contributed by atoms with Gasteiger partial charge in [0.15, 0.2) is 0 Å². The van der Waals surface area contributed by atoms with Gasteiger partial charge in [0.1, 0.15) is 0 Å². The lowest BCUT2D eigenvalue weighted by molar-refractivity contribution is -0.136. The first-order chi connectivity index (χ1) is 10.6. The van der Waals surface area contributed by atoms with Crippen molar-refractivity contribution in [3.8, 4) is 0 Å². The minimum Gasteiger partial charge on any atom is -0.384 e. The molecule has 0 saturated carbocycles. The number of carbonyl (C=O) groups excluding carboxylic acids is 1. The van der Waals surface area contributed by atoms with Crippen LogP contribution in [0.4, 0.5) is 0 Å². The van der Waals surface area contributed by atoms with E-state index in [2.05, 4.69) is 43.3 Å². The summed E-state index contributed by atoms with van der Waals surface area (Å²) in [6.07, 6.45) is 3.84. The van der Waals surface area contributed by atoms with Crippen LogP contribution in [0.5, 0.6) is 0 Å². The van der Waals surface area contributed by atoms with Gasteiger partial charge in [0, 0.05) is 20.2 Å². The molecule has 1 aliphatic rings. The minimum atomic E-state index is 0.212. The molecule has 0 bridgehead atoms. The maximum Gasteiger partial charge on any atom is 0.225 e. The number of likely N-dealkylation sites (tertiary alicyclic amines) is 1. The highest BCUT2D eigenvalue weighted by atomic mass is 16.5. The molecule has 0 unspecified atom stereocenters. The molecule has 0 N–H and O–H groups in total. The number of carbonyl (C=O) groups is 1. The van der Waals surface area contributed by atoms with Crippen LogP contribution in [0.3, 0.4) is 0 Å². The molecule has 22 heavy (non-hydrogen) atoms. The number of methoxy groups -OCH3 is 1. The normalized spacial score (nSPS) is 18.7. The largest absolute Gasteiger partial charge is 0.384 e. The van der Waals surface area contributed by atoms with Crippen LogP contribution < -0.4 is 0 Å². The van der Waals surface area contributed by atoms with Gasteiger partial charge < -0.3 is 14.5 Å². The first-order valence-electron chi connectivity index (χ1n) is 8.14. The zero-order valence-electron chi connectivity index (χ0n) is 14.0. The van der Waals surface area contributed by atoms with Crippen LogP contribution >= 0.6 is 0 Å². The second-order valence-corrected chi connectivity index (χ2v) is 6.32. The number of ether oxygens (including phenoxy) is 1. The highest BCUT2D eigenvalue weighted by Gasteiger charge is 2.27. The van der Waals surface area contributed by atoms with Crippen molar-refractivity contribution >= 4 is 5.91 Å². The zero-order valence-corrected chi connectivity index (χ0v) is 14.0. The molecule has 122 valence electrons. The lowest BCUT2D eigenvalue weighted by Crippen LogP contribution is -2.38. The molecule has 0 aromatic heterocycles. The van der Waals surface area contributed by atoms with Crippen molar-refractivity contribution in [2.45, 2.75) is 38.3 Å². The van der Waals surface area contributed by atoms with Crippen LogP contribution in [-0.4, -0.2) is 50.1 Å². The van der Waals surface area contributed by atoms with Crippen molar-refractivity contribution in [3.05, 3.63) is 35.4 Å². The molecule has 1 fully saturated rings. The molecule has 1 heterocycles. The fourth-order valence-corrected chi connectivity index (χ4v) is 3.12. The van der Waals surface area contributed by atoms with Crippen LogP contribution in [0.2, 0.25) is 0 Å². The van der Waals surface area contributed by atoms with E-state index in [1.807, 2.05) is 4.90 Å². The second kappa shape index (κ2) is 8.30. The Morgan fingerprint density at radius 3 is 2.64 bits per heavy atom. The Labute approximate surface area is 134 Å². The maximum atomic E-state index is 12.4. The van der Waals surface area contributed by atoms with Gasteiger partial charge in [-0.2, -0.15) is 0 Å². The number of benzene rings is 1. The van der Waals surface area contributed by atoms with E-state index in [1.54, 1.807) is 7.11 Å². The molecule has 1 atom stereocenters. The molecule has 1 saturated heterocycles. The predicted molar refractivity (Wildman–Crippen MR) is 88.6 cm³/mol.